The maximum Gasteiger partial charge on any atom is 0.229 e. The Bertz CT molecular complexity index is 1240. The molecule has 0 spiro atoms. The van der Waals surface area contributed by atoms with E-state index in [1.807, 2.05) is 56.3 Å². The second kappa shape index (κ2) is 10.6. The summed E-state index contributed by atoms with van der Waals surface area (Å²) >= 11 is 0. The molecule has 0 unspecified atom stereocenters. The molecule has 0 aliphatic carbocycles. The maximum absolute atomic E-state index is 12.7. The van der Waals surface area contributed by atoms with Crippen LogP contribution in [0.4, 0.5) is 34.5 Å². The van der Waals surface area contributed by atoms with Crippen molar-refractivity contribution in [3.8, 4) is 5.75 Å². The molecule has 0 radical (unpaired) electrons. The quantitative estimate of drug-likeness (QED) is 0.510. The minimum Gasteiger partial charge on any atom is -0.489 e. The highest BCUT2D eigenvalue weighted by Crippen LogP contribution is 2.37. The van der Waals surface area contributed by atoms with Crippen LogP contribution in [0.3, 0.4) is 0 Å². The molecule has 2 aromatic carbocycles. The number of hydrogen-bond donors (Lipinski definition) is 2. The number of piperidine rings is 1. The van der Waals surface area contributed by atoms with Gasteiger partial charge in [0.15, 0.2) is 5.82 Å². The number of carbonyl (C=O) groups excluding carboxylic acids is 1. The van der Waals surface area contributed by atoms with E-state index >= 15 is 0 Å². The third kappa shape index (κ3) is 5.46. The Hall–Kier alpha value is -3.85. The fraction of sp³-hybridized carbons (Fsp3) is 0.393. The molecule has 9 nitrogen and oxygen atoms in total. The van der Waals surface area contributed by atoms with Crippen LogP contribution in [-0.4, -0.2) is 59.9 Å². The molecular formula is C28H34N6O3. The van der Waals surface area contributed by atoms with Crippen LogP contribution >= 0.6 is 0 Å². The van der Waals surface area contributed by atoms with Gasteiger partial charge in [0, 0.05) is 50.5 Å². The number of aromatic nitrogens is 2. The molecule has 0 saturated carbocycles. The average molecular weight is 503 g/mol. The first-order valence-corrected chi connectivity index (χ1v) is 12.9. The van der Waals surface area contributed by atoms with Crippen LogP contribution < -0.4 is 24.8 Å². The van der Waals surface area contributed by atoms with Crippen LogP contribution in [-0.2, 0) is 4.79 Å². The second-order valence-corrected chi connectivity index (χ2v) is 9.78. The molecule has 1 aromatic heterocycles. The Morgan fingerprint density at radius 2 is 1.81 bits per heavy atom. The van der Waals surface area contributed by atoms with Gasteiger partial charge in [0.25, 0.3) is 0 Å². The van der Waals surface area contributed by atoms with E-state index in [-0.39, 0.29) is 18.1 Å². The van der Waals surface area contributed by atoms with Gasteiger partial charge < -0.3 is 29.9 Å². The molecule has 1 saturated heterocycles. The fourth-order valence-corrected chi connectivity index (χ4v) is 4.74. The predicted molar refractivity (Wildman–Crippen MR) is 146 cm³/mol. The summed E-state index contributed by atoms with van der Waals surface area (Å²) in [5, 5.41) is 13.2. The summed E-state index contributed by atoms with van der Waals surface area (Å²) in [6.45, 7) is 6.14. The number of nitrogens with zero attached hydrogens (tertiary/aromatic N) is 5. The molecule has 5 rings (SSSR count). The van der Waals surface area contributed by atoms with Crippen molar-refractivity contribution in [1.82, 2.24) is 9.97 Å². The number of ether oxygens (including phenoxy) is 1. The third-order valence-corrected chi connectivity index (χ3v) is 6.76. The smallest absolute Gasteiger partial charge is 0.229 e. The Kier molecular flexibility index (Phi) is 7.14. The van der Waals surface area contributed by atoms with Crippen molar-refractivity contribution >= 4 is 40.4 Å². The number of para-hydroxylation sites is 1. The number of carbonyl (C=O) groups is 1. The number of aliphatic hydroxyl groups excluding tert-OH is 1. The summed E-state index contributed by atoms with van der Waals surface area (Å²) < 4.78 is 6.17. The normalized spacial score (nSPS) is 16.6. The highest BCUT2D eigenvalue weighted by Gasteiger charge is 2.27. The zero-order valence-electron chi connectivity index (χ0n) is 21.6. The van der Waals surface area contributed by atoms with Crippen molar-refractivity contribution in [3.05, 3.63) is 54.7 Å². The van der Waals surface area contributed by atoms with Gasteiger partial charge in [0.05, 0.1) is 24.1 Å². The predicted octanol–water partition coefficient (Wildman–Crippen LogP) is 4.47. The SMILES string of the molecule is CC(C)Oc1cc(N2CCC(O)CC2)ccc1Nc1ncc2c(n1)N(c1ccccc1)CCC(=O)N2C. The second-order valence-electron chi connectivity index (χ2n) is 9.78. The fourth-order valence-electron chi connectivity index (χ4n) is 4.74. The molecule has 0 atom stereocenters. The van der Waals surface area contributed by atoms with Crippen molar-refractivity contribution in [3.63, 3.8) is 0 Å². The van der Waals surface area contributed by atoms with E-state index < -0.39 is 0 Å². The van der Waals surface area contributed by atoms with Gasteiger partial charge in [-0.1, -0.05) is 18.2 Å². The van der Waals surface area contributed by atoms with E-state index in [4.69, 9.17) is 9.72 Å². The summed E-state index contributed by atoms with van der Waals surface area (Å²) in [6, 6.07) is 16.0. The molecule has 2 aliphatic rings. The molecular weight excluding hydrogens is 468 g/mol. The standard InChI is InChI=1S/C28H34N6O3/c1-19(2)37-25-17-21(33-14-11-22(35)12-15-33)9-10-23(25)30-28-29-18-24-27(31-28)34(16-13-26(36)32(24)3)20-7-5-4-6-8-20/h4-10,17-19,22,35H,11-16H2,1-3H3,(H,29,30,31). The maximum atomic E-state index is 12.7. The number of rotatable bonds is 6. The zero-order valence-corrected chi connectivity index (χ0v) is 21.6. The number of hydrogen-bond acceptors (Lipinski definition) is 8. The topological polar surface area (TPSA) is 94.1 Å². The van der Waals surface area contributed by atoms with Crippen molar-refractivity contribution in [2.75, 3.05) is 46.7 Å². The van der Waals surface area contributed by atoms with Crippen molar-refractivity contribution in [2.24, 2.45) is 0 Å². The van der Waals surface area contributed by atoms with Crippen LogP contribution in [0.15, 0.2) is 54.7 Å². The molecule has 9 heteroatoms. The van der Waals surface area contributed by atoms with E-state index in [1.54, 1.807) is 18.1 Å². The molecule has 194 valence electrons. The number of amides is 1. The summed E-state index contributed by atoms with van der Waals surface area (Å²) in [6.07, 6.45) is 3.36. The van der Waals surface area contributed by atoms with Crippen molar-refractivity contribution in [2.45, 2.75) is 45.3 Å². The van der Waals surface area contributed by atoms with Crippen LogP contribution in [0.2, 0.25) is 0 Å². The highest BCUT2D eigenvalue weighted by molar-refractivity contribution is 5.98. The van der Waals surface area contributed by atoms with Crippen molar-refractivity contribution in [1.29, 1.82) is 0 Å². The Morgan fingerprint density at radius 3 is 2.54 bits per heavy atom. The first-order chi connectivity index (χ1) is 17.9. The van der Waals surface area contributed by atoms with Gasteiger partial charge in [-0.2, -0.15) is 4.98 Å². The van der Waals surface area contributed by atoms with Gasteiger partial charge in [0.1, 0.15) is 11.4 Å². The number of aliphatic hydroxyl groups is 1. The molecule has 3 aromatic rings. The first kappa shape index (κ1) is 24.8. The molecule has 37 heavy (non-hydrogen) atoms. The number of anilines is 6. The molecule has 2 N–H and O–H groups in total. The Morgan fingerprint density at radius 1 is 1.05 bits per heavy atom. The third-order valence-electron chi connectivity index (χ3n) is 6.76. The van der Waals surface area contributed by atoms with Gasteiger partial charge >= 0.3 is 0 Å². The minimum absolute atomic E-state index is 0.0137. The van der Waals surface area contributed by atoms with Crippen molar-refractivity contribution < 1.29 is 14.6 Å². The summed E-state index contributed by atoms with van der Waals surface area (Å²) in [4.78, 5) is 28.0. The van der Waals surface area contributed by atoms with Crippen LogP contribution in [0.5, 0.6) is 5.75 Å². The Labute approximate surface area is 217 Å². The van der Waals surface area contributed by atoms with Gasteiger partial charge in [0.2, 0.25) is 11.9 Å². The van der Waals surface area contributed by atoms with E-state index in [2.05, 4.69) is 26.2 Å². The van der Waals surface area contributed by atoms with Crippen LogP contribution in [0.1, 0.15) is 33.1 Å². The lowest BCUT2D eigenvalue weighted by molar-refractivity contribution is -0.118. The summed E-state index contributed by atoms with van der Waals surface area (Å²) in [5.74, 6) is 1.83. The van der Waals surface area contributed by atoms with E-state index in [1.165, 1.54) is 0 Å². The van der Waals surface area contributed by atoms with E-state index in [0.29, 0.717) is 36.2 Å². The largest absolute Gasteiger partial charge is 0.489 e. The number of fused-ring (bicyclic) bond motifs is 1. The van der Waals surface area contributed by atoms with Gasteiger partial charge in [-0.15, -0.1) is 0 Å². The zero-order chi connectivity index (χ0) is 25.9. The molecule has 1 fully saturated rings. The van der Waals surface area contributed by atoms with Gasteiger partial charge in [-0.25, -0.2) is 4.98 Å². The van der Waals surface area contributed by atoms with Crippen LogP contribution in [0, 0.1) is 0 Å². The number of benzene rings is 2. The lowest BCUT2D eigenvalue weighted by Crippen LogP contribution is -2.35. The number of nitrogens with one attached hydrogen (secondary N) is 1. The van der Waals surface area contributed by atoms with E-state index in [0.717, 1.165) is 43.0 Å². The highest BCUT2D eigenvalue weighted by atomic mass is 16.5. The first-order valence-electron chi connectivity index (χ1n) is 12.9. The van der Waals surface area contributed by atoms with Gasteiger partial charge in [-0.05, 0) is 51.0 Å². The van der Waals surface area contributed by atoms with Crippen LogP contribution in [0.25, 0.3) is 0 Å². The molecule has 1 amide bonds. The summed E-state index contributed by atoms with van der Waals surface area (Å²) in [5.41, 5.74) is 3.46. The lowest BCUT2D eigenvalue weighted by Gasteiger charge is -2.32. The molecule has 3 heterocycles. The lowest BCUT2D eigenvalue weighted by atomic mass is 10.1. The molecule has 2 aliphatic heterocycles. The Balaban J connectivity index is 1.48. The minimum atomic E-state index is -0.223. The van der Waals surface area contributed by atoms with E-state index in [9.17, 15) is 9.90 Å². The van der Waals surface area contributed by atoms with Gasteiger partial charge in [-0.3, -0.25) is 4.79 Å². The average Bonchev–Trinajstić information content (AvgIpc) is 3.02. The summed E-state index contributed by atoms with van der Waals surface area (Å²) in [7, 11) is 1.76. The molecule has 0 bridgehead atoms. The monoisotopic (exact) mass is 502 g/mol.